The van der Waals surface area contributed by atoms with Gasteiger partial charge in [0.1, 0.15) is 5.82 Å². The Morgan fingerprint density at radius 2 is 1.67 bits per heavy atom. The van der Waals surface area contributed by atoms with Gasteiger partial charge in [0.05, 0.1) is 37.0 Å². The standard InChI is InChI=1S/C27H30ClN5O3.C5H11N.C2H3N/c1-18(17-35-2)26(34)32-14-12-31(13-15-32)25-20-10-11-33(16-22(20)29-27(30-25)36-3)23-9-5-7-19-6-4-8-21(28)24(19)23;1-6-4-2-3-5-6;1-2-3/h4-9H,1,10-17H2,2-3H3;2-5H2,1H3;1H3. The molecule has 10 nitrogen and oxygen atoms in total. The minimum Gasteiger partial charge on any atom is -0.467 e. The number of nitrogens with zero attached hydrogens (tertiary/aromatic N) is 7. The van der Waals surface area contributed by atoms with Crippen LogP contribution < -0.4 is 14.5 Å². The average Bonchev–Trinajstić information content (AvgIpc) is 3.55. The number of amides is 1. The summed E-state index contributed by atoms with van der Waals surface area (Å²) in [6.45, 7) is 12.2. The summed E-state index contributed by atoms with van der Waals surface area (Å²) in [5.74, 6) is 0.846. The van der Waals surface area contributed by atoms with Gasteiger partial charge in [-0.2, -0.15) is 15.2 Å². The number of halogens is 1. The topological polar surface area (TPSA) is 98.1 Å². The molecule has 3 aliphatic rings. The highest BCUT2D eigenvalue weighted by molar-refractivity contribution is 6.36. The van der Waals surface area contributed by atoms with Crippen molar-refractivity contribution in [1.29, 1.82) is 5.26 Å². The predicted octanol–water partition coefficient (Wildman–Crippen LogP) is 4.95. The molecule has 0 aliphatic carbocycles. The van der Waals surface area contributed by atoms with E-state index < -0.39 is 0 Å². The van der Waals surface area contributed by atoms with Gasteiger partial charge in [-0.3, -0.25) is 4.79 Å². The van der Waals surface area contributed by atoms with Gasteiger partial charge in [0.2, 0.25) is 0 Å². The Morgan fingerprint density at radius 3 is 2.27 bits per heavy atom. The van der Waals surface area contributed by atoms with Crippen LogP contribution in [0.15, 0.2) is 48.6 Å². The number of anilines is 2. The van der Waals surface area contributed by atoms with E-state index in [1.54, 1.807) is 20.3 Å². The predicted molar refractivity (Wildman–Crippen MR) is 180 cm³/mol. The average molecular weight is 634 g/mol. The molecule has 2 aromatic carbocycles. The first-order valence-electron chi connectivity index (χ1n) is 15.4. The highest BCUT2D eigenvalue weighted by atomic mass is 35.5. The third-order valence-electron chi connectivity index (χ3n) is 8.19. The molecule has 0 unspecified atom stereocenters. The number of likely N-dealkylation sites (tertiary alicyclic amines) is 1. The largest absolute Gasteiger partial charge is 0.467 e. The second kappa shape index (κ2) is 16.4. The second-order valence-electron chi connectivity index (χ2n) is 11.3. The van der Waals surface area contributed by atoms with Crippen LogP contribution in [0.25, 0.3) is 10.8 Å². The molecule has 3 aliphatic heterocycles. The maximum Gasteiger partial charge on any atom is 0.318 e. The van der Waals surface area contributed by atoms with E-state index in [1.165, 1.54) is 32.9 Å². The van der Waals surface area contributed by atoms with Crippen LogP contribution in [0.5, 0.6) is 6.01 Å². The zero-order valence-electron chi connectivity index (χ0n) is 26.9. The molecule has 0 spiro atoms. The zero-order chi connectivity index (χ0) is 32.3. The quantitative estimate of drug-likeness (QED) is 0.349. The van der Waals surface area contributed by atoms with Gasteiger partial charge in [0.25, 0.3) is 5.91 Å². The molecular formula is C34H44ClN7O3. The third kappa shape index (κ3) is 8.42. The number of hydrogen-bond donors (Lipinski definition) is 0. The van der Waals surface area contributed by atoms with E-state index in [4.69, 9.17) is 36.3 Å². The second-order valence-corrected chi connectivity index (χ2v) is 11.7. The van der Waals surface area contributed by atoms with Crippen LogP contribution >= 0.6 is 11.6 Å². The molecule has 0 bridgehead atoms. The fraction of sp³-hybridized carbons (Fsp3) is 0.471. The van der Waals surface area contributed by atoms with Gasteiger partial charge in [0, 0.05) is 69.0 Å². The lowest BCUT2D eigenvalue weighted by atomic mass is 10.0. The number of aromatic nitrogens is 2. The summed E-state index contributed by atoms with van der Waals surface area (Å²) in [5.41, 5.74) is 3.67. The molecule has 45 heavy (non-hydrogen) atoms. The highest BCUT2D eigenvalue weighted by Gasteiger charge is 2.29. The van der Waals surface area contributed by atoms with E-state index in [0.29, 0.717) is 44.3 Å². The molecule has 11 heteroatoms. The van der Waals surface area contributed by atoms with Crippen molar-refractivity contribution in [1.82, 2.24) is 19.8 Å². The van der Waals surface area contributed by atoms with Crippen molar-refractivity contribution in [2.45, 2.75) is 32.7 Å². The minimum atomic E-state index is -0.0526. The number of methoxy groups -OCH3 is 2. The van der Waals surface area contributed by atoms with Crippen LogP contribution in [0.3, 0.4) is 0 Å². The fourth-order valence-electron chi connectivity index (χ4n) is 5.94. The van der Waals surface area contributed by atoms with Crippen LogP contribution in [0.2, 0.25) is 5.02 Å². The van der Waals surface area contributed by atoms with Gasteiger partial charge in [-0.15, -0.1) is 0 Å². The van der Waals surface area contributed by atoms with Crippen molar-refractivity contribution in [2.75, 3.05) is 83.5 Å². The number of nitriles is 1. The Balaban J connectivity index is 0.000000446. The maximum absolute atomic E-state index is 12.6. The van der Waals surface area contributed by atoms with Gasteiger partial charge < -0.3 is 29.1 Å². The molecule has 1 aromatic heterocycles. The van der Waals surface area contributed by atoms with Crippen molar-refractivity contribution in [3.8, 4) is 12.1 Å². The Labute approximate surface area is 271 Å². The van der Waals surface area contributed by atoms with E-state index in [-0.39, 0.29) is 12.5 Å². The fourth-order valence-corrected chi connectivity index (χ4v) is 6.22. The zero-order valence-corrected chi connectivity index (χ0v) is 27.6. The first kappa shape index (κ1) is 34.0. The first-order valence-corrected chi connectivity index (χ1v) is 15.7. The lowest BCUT2D eigenvalue weighted by molar-refractivity contribution is -0.127. The summed E-state index contributed by atoms with van der Waals surface area (Å²) >= 11 is 6.61. The first-order chi connectivity index (χ1) is 21.8. The normalized spacial score (nSPS) is 16.1. The summed E-state index contributed by atoms with van der Waals surface area (Å²) in [5, 5.41) is 10.2. The molecule has 240 valence electrons. The number of carbonyl (C=O) groups is 1. The molecule has 3 aromatic rings. The van der Waals surface area contributed by atoms with Crippen molar-refractivity contribution < 1.29 is 14.3 Å². The van der Waals surface area contributed by atoms with E-state index in [9.17, 15) is 4.79 Å². The highest BCUT2D eigenvalue weighted by Crippen LogP contribution is 2.37. The molecule has 4 heterocycles. The maximum atomic E-state index is 12.6. The molecule has 2 fully saturated rings. The Kier molecular flexibility index (Phi) is 12.4. The Morgan fingerprint density at radius 1 is 1.00 bits per heavy atom. The molecule has 0 radical (unpaired) electrons. The summed E-state index contributed by atoms with van der Waals surface area (Å²) < 4.78 is 10.5. The summed E-state index contributed by atoms with van der Waals surface area (Å²) in [4.78, 5) is 30.8. The van der Waals surface area contributed by atoms with E-state index in [1.807, 2.05) is 17.0 Å². The number of ether oxygens (including phenoxy) is 2. The molecule has 6 rings (SSSR count). The van der Waals surface area contributed by atoms with Gasteiger partial charge in [-0.1, -0.05) is 42.4 Å². The van der Waals surface area contributed by atoms with Crippen LogP contribution in [-0.2, 0) is 22.5 Å². The van der Waals surface area contributed by atoms with E-state index >= 15 is 0 Å². The van der Waals surface area contributed by atoms with Gasteiger partial charge in [-0.05, 0) is 56.9 Å². The van der Waals surface area contributed by atoms with Crippen LogP contribution in [0.1, 0.15) is 31.0 Å². The number of fused-ring (bicyclic) bond motifs is 2. The monoisotopic (exact) mass is 633 g/mol. The Bertz CT molecular complexity index is 1510. The lowest BCUT2D eigenvalue weighted by Gasteiger charge is -2.38. The SMILES string of the molecule is C=C(COC)C(=O)N1CCN(c2nc(OC)nc3c2CCN(c2cccc4cccc(Cl)c24)C3)CC1.CC#N.CN1CCCC1. The number of hydrogen-bond acceptors (Lipinski definition) is 9. The number of rotatable bonds is 6. The van der Waals surface area contributed by atoms with Crippen LogP contribution in [0, 0.1) is 11.3 Å². The lowest BCUT2D eigenvalue weighted by Crippen LogP contribution is -2.50. The van der Waals surface area contributed by atoms with Crippen molar-refractivity contribution in [3.05, 3.63) is 64.8 Å². The number of piperazine rings is 1. The van der Waals surface area contributed by atoms with Gasteiger partial charge in [-0.25, -0.2) is 0 Å². The Hall–Kier alpha value is -3.91. The van der Waals surface area contributed by atoms with E-state index in [0.717, 1.165) is 51.5 Å². The summed E-state index contributed by atoms with van der Waals surface area (Å²) in [6, 6.07) is 14.4. The van der Waals surface area contributed by atoms with Gasteiger partial charge >= 0.3 is 6.01 Å². The molecular weight excluding hydrogens is 590 g/mol. The third-order valence-corrected chi connectivity index (χ3v) is 8.51. The van der Waals surface area contributed by atoms with Crippen LogP contribution in [0.4, 0.5) is 11.5 Å². The molecule has 0 saturated carbocycles. The summed E-state index contributed by atoms with van der Waals surface area (Å²) in [6.07, 6.45) is 3.63. The molecule has 1 amide bonds. The molecule has 0 atom stereocenters. The van der Waals surface area contributed by atoms with Crippen molar-refractivity contribution in [3.63, 3.8) is 0 Å². The van der Waals surface area contributed by atoms with Crippen molar-refractivity contribution in [2.24, 2.45) is 0 Å². The molecule has 0 N–H and O–H groups in total. The number of benzene rings is 2. The van der Waals surface area contributed by atoms with Gasteiger partial charge in [0.15, 0.2) is 0 Å². The molecule has 2 saturated heterocycles. The smallest absolute Gasteiger partial charge is 0.318 e. The number of carbonyl (C=O) groups excluding carboxylic acids is 1. The minimum absolute atomic E-state index is 0.0526. The summed E-state index contributed by atoms with van der Waals surface area (Å²) in [7, 11) is 5.33. The van der Waals surface area contributed by atoms with E-state index in [2.05, 4.69) is 52.6 Å². The van der Waals surface area contributed by atoms with Crippen LogP contribution in [-0.4, -0.2) is 99.4 Å². The van der Waals surface area contributed by atoms with Crippen molar-refractivity contribution >= 4 is 39.8 Å².